The Morgan fingerprint density at radius 1 is 1.50 bits per heavy atom. The Morgan fingerprint density at radius 3 is 2.10 bits per heavy atom. The van der Waals surface area contributed by atoms with Crippen LogP contribution in [0.2, 0.25) is 0 Å². The second kappa shape index (κ2) is 1.97. The molecule has 0 aliphatic heterocycles. The zero-order valence-electron chi connectivity index (χ0n) is 5.68. The predicted molar refractivity (Wildman–Crippen MR) is 33.4 cm³/mol. The van der Waals surface area contributed by atoms with E-state index in [4.69, 9.17) is 5.11 Å². The van der Waals surface area contributed by atoms with Crippen LogP contribution in [-0.2, 0) is 9.59 Å². The number of carbonyl (C=O) groups excluding carboxylic acids is 1. The third-order valence-electron chi connectivity index (χ3n) is 1.57. The minimum Gasteiger partial charge on any atom is -0.480 e. The molecule has 1 rings (SSSR count). The van der Waals surface area contributed by atoms with Crippen LogP contribution in [0.3, 0.4) is 0 Å². The molecule has 0 unspecified atom stereocenters. The van der Waals surface area contributed by atoms with Crippen molar-refractivity contribution in [2.45, 2.75) is 25.3 Å². The summed E-state index contributed by atoms with van der Waals surface area (Å²) in [5.41, 5.74) is -0.911. The van der Waals surface area contributed by atoms with Gasteiger partial charge in [0.1, 0.15) is 5.54 Å². The third kappa shape index (κ3) is 1.10. The smallest absolute Gasteiger partial charge is 0.329 e. The standard InChI is InChI=1S/C6H9NO3/c1-4(8)7-6(2-3-6)5(9)10/h2-3H2,1H3,(H,7,8)(H,9,10). The van der Waals surface area contributed by atoms with E-state index in [2.05, 4.69) is 5.32 Å². The van der Waals surface area contributed by atoms with E-state index in [1.807, 2.05) is 0 Å². The van der Waals surface area contributed by atoms with Crippen molar-refractivity contribution in [3.8, 4) is 0 Å². The highest BCUT2D eigenvalue weighted by Crippen LogP contribution is 2.35. The fraction of sp³-hybridized carbons (Fsp3) is 0.667. The molecular formula is C6H9NO3. The van der Waals surface area contributed by atoms with E-state index in [0.717, 1.165) is 0 Å². The molecule has 1 saturated carbocycles. The summed E-state index contributed by atoms with van der Waals surface area (Å²) >= 11 is 0. The summed E-state index contributed by atoms with van der Waals surface area (Å²) in [5, 5.41) is 10.9. The molecule has 0 atom stereocenters. The lowest BCUT2D eigenvalue weighted by Gasteiger charge is -2.08. The molecule has 0 aromatic carbocycles. The van der Waals surface area contributed by atoms with Crippen molar-refractivity contribution < 1.29 is 14.7 Å². The lowest BCUT2D eigenvalue weighted by atomic mass is 10.3. The van der Waals surface area contributed by atoms with Crippen LogP contribution in [0.5, 0.6) is 0 Å². The summed E-state index contributed by atoms with van der Waals surface area (Å²) in [6.45, 7) is 1.32. The highest BCUT2D eigenvalue weighted by atomic mass is 16.4. The first-order valence-electron chi connectivity index (χ1n) is 3.09. The molecule has 4 heteroatoms. The van der Waals surface area contributed by atoms with Crippen LogP contribution in [0, 0.1) is 0 Å². The monoisotopic (exact) mass is 143 g/mol. The van der Waals surface area contributed by atoms with Gasteiger partial charge in [0.2, 0.25) is 5.91 Å². The van der Waals surface area contributed by atoms with Gasteiger partial charge in [-0.1, -0.05) is 0 Å². The van der Waals surface area contributed by atoms with Gasteiger partial charge in [-0.25, -0.2) is 4.79 Å². The Kier molecular flexibility index (Phi) is 1.39. The van der Waals surface area contributed by atoms with Gasteiger partial charge in [0.15, 0.2) is 0 Å². The van der Waals surface area contributed by atoms with Gasteiger partial charge in [0.25, 0.3) is 0 Å². The number of hydrogen-bond donors (Lipinski definition) is 2. The zero-order valence-corrected chi connectivity index (χ0v) is 5.68. The van der Waals surface area contributed by atoms with Gasteiger partial charge in [-0.2, -0.15) is 0 Å². The maximum atomic E-state index is 10.4. The topological polar surface area (TPSA) is 66.4 Å². The molecule has 0 saturated heterocycles. The minimum absolute atomic E-state index is 0.278. The van der Waals surface area contributed by atoms with Gasteiger partial charge in [-0.3, -0.25) is 4.79 Å². The van der Waals surface area contributed by atoms with Crippen LogP contribution in [-0.4, -0.2) is 22.5 Å². The van der Waals surface area contributed by atoms with Crippen LogP contribution in [0.25, 0.3) is 0 Å². The average molecular weight is 143 g/mol. The molecular weight excluding hydrogens is 134 g/mol. The molecule has 1 amide bonds. The number of nitrogens with one attached hydrogen (secondary N) is 1. The summed E-state index contributed by atoms with van der Waals surface area (Å²) in [4.78, 5) is 20.8. The molecule has 0 bridgehead atoms. The first-order chi connectivity index (χ1) is 4.57. The molecule has 0 aromatic heterocycles. The second-order valence-electron chi connectivity index (χ2n) is 2.57. The molecule has 1 aliphatic carbocycles. The normalized spacial score (nSPS) is 19.7. The summed E-state index contributed by atoms with van der Waals surface area (Å²) in [6, 6.07) is 0. The van der Waals surface area contributed by atoms with Crippen LogP contribution in [0.15, 0.2) is 0 Å². The Morgan fingerprint density at radius 2 is 2.00 bits per heavy atom. The van der Waals surface area contributed by atoms with Gasteiger partial charge < -0.3 is 10.4 Å². The first-order valence-corrected chi connectivity index (χ1v) is 3.09. The highest BCUT2D eigenvalue weighted by molar-refractivity contribution is 5.88. The molecule has 10 heavy (non-hydrogen) atoms. The van der Waals surface area contributed by atoms with Crippen LogP contribution >= 0.6 is 0 Å². The summed E-state index contributed by atoms with van der Waals surface area (Å²) < 4.78 is 0. The van der Waals surface area contributed by atoms with Crippen molar-refractivity contribution >= 4 is 11.9 Å². The fourth-order valence-corrected chi connectivity index (χ4v) is 0.854. The summed E-state index contributed by atoms with van der Waals surface area (Å²) in [5.74, 6) is -1.21. The van der Waals surface area contributed by atoms with E-state index < -0.39 is 11.5 Å². The maximum absolute atomic E-state index is 10.4. The van der Waals surface area contributed by atoms with Gasteiger partial charge in [0, 0.05) is 6.92 Å². The van der Waals surface area contributed by atoms with Crippen molar-refractivity contribution in [1.82, 2.24) is 5.32 Å². The molecule has 2 N–H and O–H groups in total. The SMILES string of the molecule is CC(=O)NC1(C(=O)O)CC1. The maximum Gasteiger partial charge on any atom is 0.329 e. The lowest BCUT2D eigenvalue weighted by Crippen LogP contribution is -2.41. The average Bonchev–Trinajstić information content (AvgIpc) is 2.46. The zero-order chi connectivity index (χ0) is 7.78. The van der Waals surface area contributed by atoms with Crippen molar-refractivity contribution in [2.24, 2.45) is 0 Å². The Bertz CT molecular complexity index is 183. The number of rotatable bonds is 2. The van der Waals surface area contributed by atoms with Gasteiger partial charge >= 0.3 is 5.97 Å². The number of carbonyl (C=O) groups is 2. The summed E-state index contributed by atoms with van der Waals surface area (Å²) in [7, 11) is 0. The second-order valence-corrected chi connectivity index (χ2v) is 2.57. The van der Waals surface area contributed by atoms with Gasteiger partial charge in [0.05, 0.1) is 0 Å². The molecule has 1 fully saturated rings. The number of aliphatic carboxylic acids is 1. The minimum atomic E-state index is -0.928. The van der Waals surface area contributed by atoms with E-state index in [9.17, 15) is 9.59 Å². The largest absolute Gasteiger partial charge is 0.480 e. The van der Waals surface area contributed by atoms with E-state index in [1.165, 1.54) is 6.92 Å². The molecule has 0 radical (unpaired) electrons. The molecule has 56 valence electrons. The highest BCUT2D eigenvalue weighted by Gasteiger charge is 2.51. The number of hydrogen-bond acceptors (Lipinski definition) is 2. The molecule has 1 aliphatic rings. The van der Waals surface area contributed by atoms with Crippen molar-refractivity contribution in [2.75, 3.05) is 0 Å². The van der Waals surface area contributed by atoms with Crippen LogP contribution in [0.4, 0.5) is 0 Å². The van der Waals surface area contributed by atoms with Crippen LogP contribution < -0.4 is 5.32 Å². The quantitative estimate of drug-likeness (QED) is 0.559. The van der Waals surface area contributed by atoms with Crippen molar-refractivity contribution in [1.29, 1.82) is 0 Å². The van der Waals surface area contributed by atoms with Crippen LogP contribution in [0.1, 0.15) is 19.8 Å². The Labute approximate surface area is 58.2 Å². The van der Waals surface area contributed by atoms with E-state index in [1.54, 1.807) is 0 Å². The third-order valence-corrected chi connectivity index (χ3v) is 1.57. The predicted octanol–water partition coefficient (Wildman–Crippen LogP) is -0.260. The lowest BCUT2D eigenvalue weighted by molar-refractivity contribution is -0.142. The first kappa shape index (κ1) is 7.05. The number of amides is 1. The fourth-order valence-electron chi connectivity index (χ4n) is 0.854. The summed E-state index contributed by atoms with van der Waals surface area (Å²) in [6.07, 6.45) is 1.11. The van der Waals surface area contributed by atoms with E-state index in [-0.39, 0.29) is 5.91 Å². The van der Waals surface area contributed by atoms with Gasteiger partial charge in [-0.05, 0) is 12.8 Å². The van der Waals surface area contributed by atoms with Gasteiger partial charge in [-0.15, -0.1) is 0 Å². The number of carboxylic acid groups (broad SMARTS) is 1. The number of carboxylic acids is 1. The van der Waals surface area contributed by atoms with Crippen molar-refractivity contribution in [3.63, 3.8) is 0 Å². The molecule has 4 nitrogen and oxygen atoms in total. The Hall–Kier alpha value is -1.06. The van der Waals surface area contributed by atoms with E-state index >= 15 is 0 Å². The molecule has 0 aromatic rings. The molecule has 0 heterocycles. The molecule has 0 spiro atoms. The van der Waals surface area contributed by atoms with E-state index in [0.29, 0.717) is 12.8 Å². The Balaban J connectivity index is 2.53. The van der Waals surface area contributed by atoms with Crippen molar-refractivity contribution in [3.05, 3.63) is 0 Å².